The largest absolute Gasteiger partial charge is 0.360 e. The average Bonchev–Trinajstić information content (AvgIpc) is 3.15. The molecule has 23 heavy (non-hydrogen) atoms. The molecular formula is C17H20ClN3O2. The lowest BCUT2D eigenvalue weighted by Gasteiger charge is -2.16. The lowest BCUT2D eigenvalue weighted by Crippen LogP contribution is -2.30. The number of aromatic nitrogens is 1. The molecule has 1 unspecified atom stereocenters. The van der Waals surface area contributed by atoms with Crippen molar-refractivity contribution in [2.45, 2.75) is 13.3 Å². The summed E-state index contributed by atoms with van der Waals surface area (Å²) in [6.07, 6.45) is 1.01. The van der Waals surface area contributed by atoms with Crippen LogP contribution < -0.4 is 5.32 Å². The van der Waals surface area contributed by atoms with Crippen LogP contribution in [0, 0.1) is 12.8 Å². The van der Waals surface area contributed by atoms with Crippen LogP contribution >= 0.6 is 11.6 Å². The molecule has 6 heteroatoms. The number of likely N-dealkylation sites (tertiary alicyclic amines) is 1. The minimum atomic E-state index is -0.0303. The monoisotopic (exact) mass is 333 g/mol. The van der Waals surface area contributed by atoms with E-state index in [1.807, 2.05) is 30.1 Å². The van der Waals surface area contributed by atoms with E-state index in [2.05, 4.69) is 10.5 Å². The zero-order chi connectivity index (χ0) is 16.4. The number of nitrogens with zero attached hydrogens (tertiary/aromatic N) is 2. The van der Waals surface area contributed by atoms with Crippen LogP contribution in [0.2, 0.25) is 5.02 Å². The first-order valence-electron chi connectivity index (χ1n) is 7.77. The summed E-state index contributed by atoms with van der Waals surface area (Å²) in [7, 11) is 1.93. The van der Waals surface area contributed by atoms with Gasteiger partial charge in [0.15, 0.2) is 0 Å². The van der Waals surface area contributed by atoms with E-state index in [0.717, 1.165) is 31.6 Å². The van der Waals surface area contributed by atoms with Crippen LogP contribution in [0.3, 0.4) is 0 Å². The molecule has 3 rings (SSSR count). The second kappa shape index (κ2) is 6.72. The Labute approximate surface area is 140 Å². The van der Waals surface area contributed by atoms with E-state index in [-0.39, 0.29) is 5.91 Å². The number of benzene rings is 1. The number of hydrogen-bond acceptors (Lipinski definition) is 4. The molecule has 1 N–H and O–H groups in total. The van der Waals surface area contributed by atoms with Gasteiger partial charge in [-0.1, -0.05) is 35.0 Å². The molecule has 1 saturated heterocycles. The van der Waals surface area contributed by atoms with Gasteiger partial charge in [0.1, 0.15) is 17.0 Å². The zero-order valence-electron chi connectivity index (χ0n) is 13.3. The summed E-state index contributed by atoms with van der Waals surface area (Å²) in [5.74, 6) is 0.993. The van der Waals surface area contributed by atoms with Crippen molar-refractivity contribution >= 4 is 17.5 Å². The molecule has 0 radical (unpaired) electrons. The first-order chi connectivity index (χ1) is 11.1. The predicted molar refractivity (Wildman–Crippen MR) is 89.6 cm³/mol. The quantitative estimate of drug-likeness (QED) is 0.934. The lowest BCUT2D eigenvalue weighted by atomic mass is 10.1. The summed E-state index contributed by atoms with van der Waals surface area (Å²) in [6.45, 7) is 4.20. The van der Waals surface area contributed by atoms with E-state index in [4.69, 9.17) is 16.1 Å². The second-order valence-electron chi connectivity index (χ2n) is 5.91. The summed E-state index contributed by atoms with van der Waals surface area (Å²) in [5.41, 5.74) is 1.76. The zero-order valence-corrected chi connectivity index (χ0v) is 14.1. The molecule has 1 aromatic carbocycles. The van der Waals surface area contributed by atoms with E-state index in [1.165, 1.54) is 0 Å². The standard InChI is InChI=1S/C17H20ClN3O2/c1-11-15(17(22)21-8-7-12(10-21)9-19-2)16(20-23-11)13-5-3-4-6-14(13)18/h3-6,12,19H,7-10H2,1-2H3. The Hall–Kier alpha value is -1.85. The second-order valence-corrected chi connectivity index (χ2v) is 6.31. The molecule has 122 valence electrons. The number of carbonyl (C=O) groups excluding carboxylic acids is 1. The van der Waals surface area contributed by atoms with Crippen LogP contribution in [-0.4, -0.2) is 42.6 Å². The maximum atomic E-state index is 12.9. The molecule has 1 aliphatic rings. The molecule has 2 heterocycles. The first-order valence-corrected chi connectivity index (χ1v) is 8.14. The number of aryl methyl sites for hydroxylation is 1. The van der Waals surface area contributed by atoms with E-state index in [1.54, 1.807) is 13.0 Å². The first kappa shape index (κ1) is 16.0. The predicted octanol–water partition coefficient (Wildman–Crippen LogP) is 2.98. The normalized spacial score (nSPS) is 17.7. The fourth-order valence-corrected chi connectivity index (χ4v) is 3.32. The molecule has 5 nitrogen and oxygen atoms in total. The third kappa shape index (κ3) is 3.12. The molecule has 1 amide bonds. The van der Waals surface area contributed by atoms with Gasteiger partial charge in [0.05, 0.1) is 5.02 Å². The maximum absolute atomic E-state index is 12.9. The Bertz CT molecular complexity index is 714. The van der Waals surface area contributed by atoms with Crippen LogP contribution in [-0.2, 0) is 0 Å². The molecule has 1 aromatic heterocycles. The highest BCUT2D eigenvalue weighted by Crippen LogP contribution is 2.32. The van der Waals surface area contributed by atoms with Gasteiger partial charge >= 0.3 is 0 Å². The number of nitrogens with one attached hydrogen (secondary N) is 1. The van der Waals surface area contributed by atoms with E-state index in [0.29, 0.717) is 28.0 Å². The average molecular weight is 334 g/mol. The van der Waals surface area contributed by atoms with Gasteiger partial charge in [0.2, 0.25) is 0 Å². The molecule has 0 saturated carbocycles. The Kier molecular flexibility index (Phi) is 4.68. The van der Waals surface area contributed by atoms with E-state index < -0.39 is 0 Å². The van der Waals surface area contributed by atoms with Gasteiger partial charge in [-0.05, 0) is 38.9 Å². The molecular weight excluding hydrogens is 314 g/mol. The van der Waals surface area contributed by atoms with Crippen LogP contribution in [0.5, 0.6) is 0 Å². The molecule has 1 atom stereocenters. The molecule has 0 bridgehead atoms. The summed E-state index contributed by atoms with van der Waals surface area (Å²) in [5, 5.41) is 7.81. The van der Waals surface area contributed by atoms with Gasteiger partial charge < -0.3 is 14.7 Å². The van der Waals surface area contributed by atoms with Crippen molar-refractivity contribution < 1.29 is 9.32 Å². The highest BCUT2D eigenvalue weighted by Gasteiger charge is 2.31. The van der Waals surface area contributed by atoms with Crippen LogP contribution in [0.1, 0.15) is 22.5 Å². The topological polar surface area (TPSA) is 58.4 Å². The number of hydrogen-bond donors (Lipinski definition) is 1. The minimum absolute atomic E-state index is 0.0303. The van der Waals surface area contributed by atoms with Gasteiger partial charge in [-0.25, -0.2) is 0 Å². The van der Waals surface area contributed by atoms with Crippen LogP contribution in [0.4, 0.5) is 0 Å². The van der Waals surface area contributed by atoms with Crippen molar-refractivity contribution in [3.63, 3.8) is 0 Å². The summed E-state index contributed by atoms with van der Waals surface area (Å²) >= 11 is 6.25. The highest BCUT2D eigenvalue weighted by atomic mass is 35.5. The Morgan fingerprint density at radius 1 is 1.48 bits per heavy atom. The molecule has 2 aromatic rings. The Balaban J connectivity index is 1.90. The van der Waals surface area contributed by atoms with Gasteiger partial charge in [0, 0.05) is 18.7 Å². The molecule has 1 aliphatic heterocycles. The van der Waals surface area contributed by atoms with Crippen molar-refractivity contribution in [3.8, 4) is 11.3 Å². The molecule has 0 aliphatic carbocycles. The molecule has 1 fully saturated rings. The van der Waals surface area contributed by atoms with E-state index >= 15 is 0 Å². The van der Waals surface area contributed by atoms with Crippen molar-refractivity contribution in [1.29, 1.82) is 0 Å². The number of carbonyl (C=O) groups is 1. The third-order valence-corrected chi connectivity index (χ3v) is 4.60. The third-order valence-electron chi connectivity index (χ3n) is 4.27. The Morgan fingerprint density at radius 2 is 2.26 bits per heavy atom. The number of halogens is 1. The maximum Gasteiger partial charge on any atom is 0.259 e. The van der Waals surface area contributed by atoms with Crippen molar-refractivity contribution in [2.24, 2.45) is 5.92 Å². The van der Waals surface area contributed by atoms with Crippen molar-refractivity contribution in [2.75, 3.05) is 26.7 Å². The summed E-state index contributed by atoms with van der Waals surface area (Å²) in [4.78, 5) is 14.8. The van der Waals surface area contributed by atoms with Crippen LogP contribution in [0.15, 0.2) is 28.8 Å². The number of amides is 1. The van der Waals surface area contributed by atoms with Gasteiger partial charge in [-0.2, -0.15) is 0 Å². The SMILES string of the molecule is CNCC1CCN(C(=O)c2c(-c3ccccc3Cl)noc2C)C1. The fraction of sp³-hybridized carbons (Fsp3) is 0.412. The fourth-order valence-electron chi connectivity index (χ4n) is 3.09. The van der Waals surface area contributed by atoms with E-state index in [9.17, 15) is 4.79 Å². The minimum Gasteiger partial charge on any atom is -0.360 e. The van der Waals surface area contributed by atoms with Crippen LogP contribution in [0.25, 0.3) is 11.3 Å². The summed E-state index contributed by atoms with van der Waals surface area (Å²) in [6, 6.07) is 7.36. The lowest BCUT2D eigenvalue weighted by molar-refractivity contribution is 0.0786. The van der Waals surface area contributed by atoms with Crippen molar-refractivity contribution in [3.05, 3.63) is 40.6 Å². The van der Waals surface area contributed by atoms with Gasteiger partial charge in [0.25, 0.3) is 5.91 Å². The van der Waals surface area contributed by atoms with Crippen molar-refractivity contribution in [1.82, 2.24) is 15.4 Å². The van der Waals surface area contributed by atoms with Gasteiger partial charge in [-0.3, -0.25) is 4.79 Å². The number of rotatable bonds is 4. The summed E-state index contributed by atoms with van der Waals surface area (Å²) < 4.78 is 5.29. The highest BCUT2D eigenvalue weighted by molar-refractivity contribution is 6.33. The Morgan fingerprint density at radius 3 is 3.00 bits per heavy atom. The molecule has 0 spiro atoms. The smallest absolute Gasteiger partial charge is 0.259 e. The van der Waals surface area contributed by atoms with Gasteiger partial charge in [-0.15, -0.1) is 0 Å².